The van der Waals surface area contributed by atoms with Crippen LogP contribution < -0.4 is 0 Å². The lowest BCUT2D eigenvalue weighted by Gasteiger charge is -2.27. The molecule has 0 spiro atoms. The van der Waals surface area contributed by atoms with Crippen LogP contribution in [0, 0.1) is 17.1 Å². The molecule has 0 N–H and O–H groups in total. The predicted molar refractivity (Wildman–Crippen MR) is 68.5 cm³/mol. The highest BCUT2D eigenvalue weighted by molar-refractivity contribution is 5.37. The van der Waals surface area contributed by atoms with E-state index < -0.39 is 0 Å². The number of methoxy groups -OCH3 is 1. The van der Waals surface area contributed by atoms with Gasteiger partial charge in [0, 0.05) is 19.7 Å². The van der Waals surface area contributed by atoms with Gasteiger partial charge in [-0.2, -0.15) is 5.26 Å². The Bertz CT molecular complexity index is 428. The van der Waals surface area contributed by atoms with Crippen molar-refractivity contribution in [2.75, 3.05) is 20.3 Å². The van der Waals surface area contributed by atoms with Gasteiger partial charge >= 0.3 is 0 Å². The Morgan fingerprint density at radius 1 is 1.50 bits per heavy atom. The second kappa shape index (κ2) is 7.10. The third-order valence-electron chi connectivity index (χ3n) is 3.00. The zero-order valence-electron chi connectivity index (χ0n) is 11.1. The Kier molecular flexibility index (Phi) is 5.76. The summed E-state index contributed by atoms with van der Waals surface area (Å²) in [5, 5.41) is 9.02. The van der Waals surface area contributed by atoms with Crippen LogP contribution in [-0.2, 0) is 11.3 Å². The van der Waals surface area contributed by atoms with Crippen LogP contribution >= 0.6 is 0 Å². The van der Waals surface area contributed by atoms with E-state index >= 15 is 0 Å². The highest BCUT2D eigenvalue weighted by Gasteiger charge is 2.14. The smallest absolute Gasteiger partial charge is 0.123 e. The van der Waals surface area contributed by atoms with Gasteiger partial charge < -0.3 is 4.74 Å². The fourth-order valence-electron chi connectivity index (χ4n) is 1.95. The Morgan fingerprint density at radius 3 is 2.78 bits per heavy atom. The van der Waals surface area contributed by atoms with E-state index in [-0.39, 0.29) is 11.9 Å². The van der Waals surface area contributed by atoms with Crippen molar-refractivity contribution in [3.63, 3.8) is 0 Å². The van der Waals surface area contributed by atoms with Gasteiger partial charge in [0.25, 0.3) is 0 Å². The van der Waals surface area contributed by atoms with Gasteiger partial charge in [0.2, 0.25) is 0 Å². The van der Waals surface area contributed by atoms with Crippen molar-refractivity contribution in [2.24, 2.45) is 0 Å². The molecule has 0 bridgehead atoms. The molecule has 3 nitrogen and oxygen atoms in total. The van der Waals surface area contributed by atoms with Crippen LogP contribution in [0.5, 0.6) is 0 Å². The quantitative estimate of drug-likeness (QED) is 0.778. The summed E-state index contributed by atoms with van der Waals surface area (Å²) < 4.78 is 18.4. The van der Waals surface area contributed by atoms with E-state index in [9.17, 15) is 4.39 Å². The molecule has 0 aromatic heterocycles. The number of rotatable bonds is 6. The lowest BCUT2D eigenvalue weighted by molar-refractivity contribution is 0.0981. The number of hydrogen-bond donors (Lipinski definition) is 0. The second-order valence-electron chi connectivity index (χ2n) is 4.28. The van der Waals surface area contributed by atoms with Crippen LogP contribution in [-0.4, -0.2) is 31.2 Å². The van der Waals surface area contributed by atoms with Crippen LogP contribution in [0.4, 0.5) is 4.39 Å². The molecule has 0 aliphatic carbocycles. The average Bonchev–Trinajstić information content (AvgIpc) is 2.36. The molecule has 0 fully saturated rings. The van der Waals surface area contributed by atoms with Crippen molar-refractivity contribution >= 4 is 0 Å². The highest BCUT2D eigenvalue weighted by atomic mass is 19.1. The molecule has 0 radical (unpaired) electrons. The van der Waals surface area contributed by atoms with E-state index in [2.05, 4.69) is 17.9 Å². The Morgan fingerprint density at radius 2 is 2.22 bits per heavy atom. The molecule has 0 saturated carbocycles. The zero-order chi connectivity index (χ0) is 13.5. The fraction of sp³-hybridized carbons (Fsp3) is 0.500. The first-order chi connectivity index (χ1) is 8.62. The van der Waals surface area contributed by atoms with Crippen molar-refractivity contribution in [1.82, 2.24) is 4.90 Å². The maximum absolute atomic E-state index is 13.2. The molecular formula is C14H19FN2O. The molecule has 0 saturated heterocycles. The molecule has 1 aromatic carbocycles. The van der Waals surface area contributed by atoms with Gasteiger partial charge in [0.1, 0.15) is 5.82 Å². The summed E-state index contributed by atoms with van der Waals surface area (Å²) in [6, 6.07) is 6.60. The normalized spacial score (nSPS) is 12.4. The summed E-state index contributed by atoms with van der Waals surface area (Å²) >= 11 is 0. The van der Waals surface area contributed by atoms with Crippen molar-refractivity contribution in [3.8, 4) is 6.07 Å². The molecule has 1 aromatic rings. The molecule has 1 atom stereocenters. The van der Waals surface area contributed by atoms with Gasteiger partial charge in [-0.05, 0) is 37.2 Å². The van der Waals surface area contributed by atoms with Gasteiger partial charge in [-0.25, -0.2) is 4.39 Å². The predicted octanol–water partition coefficient (Wildman–Crippen LogP) is 2.55. The molecule has 0 amide bonds. The van der Waals surface area contributed by atoms with Gasteiger partial charge in [-0.1, -0.05) is 6.92 Å². The minimum absolute atomic E-state index is 0.231. The van der Waals surface area contributed by atoms with E-state index in [1.165, 1.54) is 18.2 Å². The molecule has 1 rings (SSSR count). The summed E-state index contributed by atoms with van der Waals surface area (Å²) in [6.45, 7) is 6.09. The summed E-state index contributed by atoms with van der Waals surface area (Å²) in [7, 11) is 1.66. The van der Waals surface area contributed by atoms with Gasteiger partial charge in [0.15, 0.2) is 0 Å². The monoisotopic (exact) mass is 250 g/mol. The first-order valence-corrected chi connectivity index (χ1v) is 6.03. The standard InChI is InChI=1S/C14H19FN2O/c1-4-17(11(2)10-18-3)9-13-7-14(15)6-5-12(13)8-16/h5-7,11H,4,9-10H2,1-3H3/t11-/m0/s1. The Hall–Kier alpha value is -1.44. The number of ether oxygens (including phenoxy) is 1. The van der Waals surface area contributed by atoms with Crippen molar-refractivity contribution < 1.29 is 9.13 Å². The molecular weight excluding hydrogens is 231 g/mol. The molecule has 18 heavy (non-hydrogen) atoms. The number of nitriles is 1. The van der Waals surface area contributed by atoms with E-state index in [1.54, 1.807) is 7.11 Å². The van der Waals surface area contributed by atoms with E-state index in [0.717, 1.165) is 12.1 Å². The summed E-state index contributed by atoms with van der Waals surface area (Å²) in [6.07, 6.45) is 0. The van der Waals surface area contributed by atoms with E-state index in [0.29, 0.717) is 18.7 Å². The molecule has 98 valence electrons. The molecule has 0 aliphatic heterocycles. The van der Waals surface area contributed by atoms with Crippen molar-refractivity contribution in [3.05, 3.63) is 35.1 Å². The molecule has 0 heterocycles. The van der Waals surface area contributed by atoms with Gasteiger partial charge in [-0.15, -0.1) is 0 Å². The molecule has 0 aliphatic rings. The minimum Gasteiger partial charge on any atom is -0.383 e. The first kappa shape index (κ1) is 14.6. The summed E-state index contributed by atoms with van der Waals surface area (Å²) in [5.41, 5.74) is 1.25. The maximum atomic E-state index is 13.2. The van der Waals surface area contributed by atoms with Crippen molar-refractivity contribution in [1.29, 1.82) is 5.26 Å². The topological polar surface area (TPSA) is 36.3 Å². The number of halogens is 1. The van der Waals surface area contributed by atoms with E-state index in [4.69, 9.17) is 10.00 Å². The SMILES string of the molecule is CCN(Cc1cc(F)ccc1C#N)[C@@H](C)COC. The fourth-order valence-corrected chi connectivity index (χ4v) is 1.95. The van der Waals surface area contributed by atoms with Crippen LogP contribution in [0.1, 0.15) is 25.0 Å². The Balaban J connectivity index is 2.87. The first-order valence-electron chi connectivity index (χ1n) is 6.03. The molecule has 4 heteroatoms. The van der Waals surface area contributed by atoms with Crippen LogP contribution in [0.25, 0.3) is 0 Å². The number of likely N-dealkylation sites (N-methyl/N-ethyl adjacent to an activating group) is 1. The molecule has 0 unspecified atom stereocenters. The third kappa shape index (κ3) is 3.80. The van der Waals surface area contributed by atoms with Crippen LogP contribution in [0.15, 0.2) is 18.2 Å². The largest absolute Gasteiger partial charge is 0.383 e. The number of hydrogen-bond acceptors (Lipinski definition) is 3. The van der Waals surface area contributed by atoms with Gasteiger partial charge in [0.05, 0.1) is 18.2 Å². The second-order valence-corrected chi connectivity index (χ2v) is 4.28. The zero-order valence-corrected chi connectivity index (χ0v) is 11.1. The summed E-state index contributed by atoms with van der Waals surface area (Å²) in [5.74, 6) is -0.306. The van der Waals surface area contributed by atoms with Crippen LogP contribution in [0.2, 0.25) is 0 Å². The number of benzene rings is 1. The van der Waals surface area contributed by atoms with Gasteiger partial charge in [-0.3, -0.25) is 4.90 Å². The van der Waals surface area contributed by atoms with E-state index in [1.807, 2.05) is 6.92 Å². The average molecular weight is 250 g/mol. The Labute approximate surface area is 108 Å². The van der Waals surface area contributed by atoms with Crippen LogP contribution in [0.3, 0.4) is 0 Å². The number of nitrogens with zero attached hydrogens (tertiary/aromatic N) is 2. The lowest BCUT2D eigenvalue weighted by Crippen LogP contribution is -2.35. The lowest BCUT2D eigenvalue weighted by atomic mass is 10.1. The third-order valence-corrected chi connectivity index (χ3v) is 3.00. The highest BCUT2D eigenvalue weighted by Crippen LogP contribution is 2.15. The summed E-state index contributed by atoms with van der Waals surface area (Å²) in [4.78, 5) is 2.15. The maximum Gasteiger partial charge on any atom is 0.123 e. The van der Waals surface area contributed by atoms with Crippen molar-refractivity contribution in [2.45, 2.75) is 26.4 Å². The minimum atomic E-state index is -0.306.